The van der Waals surface area contributed by atoms with Gasteiger partial charge in [-0.25, -0.2) is 4.39 Å². The molecule has 0 amide bonds. The normalized spacial score (nSPS) is 18.7. The van der Waals surface area contributed by atoms with Crippen LogP contribution in [0.1, 0.15) is 28.7 Å². The van der Waals surface area contributed by atoms with Gasteiger partial charge in [0, 0.05) is 31.1 Å². The van der Waals surface area contributed by atoms with Gasteiger partial charge in [-0.3, -0.25) is 9.89 Å². The number of benzene rings is 2. The Balaban J connectivity index is 1.67. The van der Waals surface area contributed by atoms with Gasteiger partial charge < -0.3 is 10.5 Å². The van der Waals surface area contributed by atoms with E-state index in [9.17, 15) is 4.39 Å². The molecule has 0 saturated heterocycles. The van der Waals surface area contributed by atoms with Crippen LogP contribution in [-0.4, -0.2) is 44.0 Å². The molecule has 0 saturated carbocycles. The summed E-state index contributed by atoms with van der Waals surface area (Å²) in [4.78, 5) is 6.13. The van der Waals surface area contributed by atoms with Crippen molar-refractivity contribution < 1.29 is 9.13 Å². The van der Waals surface area contributed by atoms with Gasteiger partial charge in [0.1, 0.15) is 23.5 Å². The Bertz CT molecular complexity index is 935. The molecule has 0 aromatic heterocycles. The van der Waals surface area contributed by atoms with Crippen molar-refractivity contribution in [1.29, 1.82) is 0 Å². The van der Waals surface area contributed by atoms with Gasteiger partial charge in [-0.15, -0.1) is 0 Å². The van der Waals surface area contributed by atoms with Crippen LogP contribution in [-0.2, 0) is 11.2 Å². The van der Waals surface area contributed by atoms with Crippen LogP contribution in [0.25, 0.3) is 11.3 Å². The van der Waals surface area contributed by atoms with Crippen molar-refractivity contribution in [3.05, 3.63) is 70.5 Å². The SMILES string of the molecule is CN=C(N)CN(C)CC1CC2=C(O1)c1cc(F)ccc1Cc1ccccc12. The number of amidine groups is 1. The second-order valence-corrected chi connectivity index (χ2v) is 7.30. The zero-order valence-corrected chi connectivity index (χ0v) is 15.7. The summed E-state index contributed by atoms with van der Waals surface area (Å²) in [5.74, 6) is 1.19. The quantitative estimate of drug-likeness (QED) is 0.668. The van der Waals surface area contributed by atoms with Crippen LogP contribution in [0.5, 0.6) is 0 Å². The van der Waals surface area contributed by atoms with Crippen LogP contribution < -0.4 is 5.73 Å². The van der Waals surface area contributed by atoms with Crippen LogP contribution >= 0.6 is 0 Å². The smallest absolute Gasteiger partial charge is 0.131 e. The molecule has 1 heterocycles. The van der Waals surface area contributed by atoms with Gasteiger partial charge in [-0.05, 0) is 42.3 Å². The predicted octanol–water partition coefficient (Wildman–Crippen LogP) is 3.31. The van der Waals surface area contributed by atoms with E-state index in [1.807, 2.05) is 13.1 Å². The van der Waals surface area contributed by atoms with Crippen molar-refractivity contribution in [1.82, 2.24) is 4.90 Å². The molecule has 2 aromatic rings. The zero-order valence-electron chi connectivity index (χ0n) is 15.7. The lowest BCUT2D eigenvalue weighted by atomic mass is 9.95. The summed E-state index contributed by atoms with van der Waals surface area (Å²) < 4.78 is 20.3. The van der Waals surface area contributed by atoms with E-state index in [4.69, 9.17) is 10.5 Å². The van der Waals surface area contributed by atoms with Gasteiger partial charge in [0.05, 0.1) is 6.54 Å². The van der Waals surface area contributed by atoms with Crippen molar-refractivity contribution in [3.8, 4) is 0 Å². The number of hydrogen-bond acceptors (Lipinski definition) is 3. The van der Waals surface area contributed by atoms with E-state index in [0.29, 0.717) is 12.4 Å². The van der Waals surface area contributed by atoms with Gasteiger partial charge in [0.2, 0.25) is 0 Å². The third-order valence-electron chi connectivity index (χ3n) is 5.26. The first-order valence-corrected chi connectivity index (χ1v) is 9.21. The molecule has 0 spiro atoms. The Morgan fingerprint density at radius 1 is 1.22 bits per heavy atom. The molecule has 1 aliphatic carbocycles. The molecule has 0 radical (unpaired) electrons. The maximum absolute atomic E-state index is 14.0. The molecule has 1 aliphatic heterocycles. The van der Waals surface area contributed by atoms with Gasteiger partial charge in [-0.1, -0.05) is 30.3 Å². The Morgan fingerprint density at radius 2 is 2.00 bits per heavy atom. The first-order valence-electron chi connectivity index (χ1n) is 9.21. The summed E-state index contributed by atoms with van der Waals surface area (Å²) in [6.45, 7) is 1.33. The standard InChI is InChI=1S/C22H24FN3O/c1-25-21(24)13-26(2)12-17-11-20-18-6-4-3-5-14(18)9-15-7-8-16(23)10-19(15)22(20)27-17/h3-8,10,17H,9,11-13H2,1-2H3,(H2,24,25). The molecule has 4 rings (SSSR count). The maximum atomic E-state index is 14.0. The number of nitrogens with two attached hydrogens (primary N) is 1. The minimum Gasteiger partial charge on any atom is -0.488 e. The summed E-state index contributed by atoms with van der Waals surface area (Å²) >= 11 is 0. The topological polar surface area (TPSA) is 50.8 Å². The summed E-state index contributed by atoms with van der Waals surface area (Å²) in [6.07, 6.45) is 1.60. The van der Waals surface area contributed by atoms with Crippen molar-refractivity contribution in [3.63, 3.8) is 0 Å². The second kappa shape index (κ2) is 7.16. The van der Waals surface area contributed by atoms with Gasteiger partial charge >= 0.3 is 0 Å². The summed E-state index contributed by atoms with van der Waals surface area (Å²) in [7, 11) is 3.70. The minimum absolute atomic E-state index is 0.00642. The average Bonchev–Trinajstić information content (AvgIpc) is 3.01. The maximum Gasteiger partial charge on any atom is 0.131 e. The Morgan fingerprint density at radius 3 is 2.81 bits per heavy atom. The predicted molar refractivity (Wildman–Crippen MR) is 107 cm³/mol. The van der Waals surface area contributed by atoms with Crippen LogP contribution in [0.2, 0.25) is 0 Å². The molecule has 5 heteroatoms. The van der Waals surface area contributed by atoms with Crippen LogP contribution in [0.15, 0.2) is 47.5 Å². The highest BCUT2D eigenvalue weighted by Crippen LogP contribution is 2.44. The highest BCUT2D eigenvalue weighted by atomic mass is 19.1. The fourth-order valence-electron chi connectivity index (χ4n) is 4.01. The van der Waals surface area contributed by atoms with Crippen molar-refractivity contribution >= 4 is 17.2 Å². The molecule has 27 heavy (non-hydrogen) atoms. The van der Waals surface area contributed by atoms with E-state index >= 15 is 0 Å². The van der Waals surface area contributed by atoms with Crippen molar-refractivity contribution in [2.75, 3.05) is 27.2 Å². The Labute approximate surface area is 159 Å². The molecule has 4 nitrogen and oxygen atoms in total. The molecule has 0 fully saturated rings. The zero-order chi connectivity index (χ0) is 19.0. The number of halogens is 1. The summed E-state index contributed by atoms with van der Waals surface area (Å²) in [6, 6.07) is 13.4. The van der Waals surface area contributed by atoms with E-state index in [2.05, 4.69) is 34.2 Å². The highest BCUT2D eigenvalue weighted by Gasteiger charge is 2.32. The molecular formula is C22H24FN3O. The third kappa shape index (κ3) is 3.47. The number of ether oxygens (including phenoxy) is 1. The monoisotopic (exact) mass is 365 g/mol. The van der Waals surface area contributed by atoms with Crippen LogP contribution in [0.3, 0.4) is 0 Å². The lowest BCUT2D eigenvalue weighted by Crippen LogP contribution is -2.36. The second-order valence-electron chi connectivity index (χ2n) is 7.30. The van der Waals surface area contributed by atoms with Gasteiger partial charge in [0.25, 0.3) is 0 Å². The van der Waals surface area contributed by atoms with Crippen LogP contribution in [0.4, 0.5) is 4.39 Å². The first kappa shape index (κ1) is 17.7. The van der Waals surface area contributed by atoms with E-state index in [1.54, 1.807) is 13.1 Å². The number of fused-ring (bicyclic) bond motifs is 4. The van der Waals surface area contributed by atoms with Gasteiger partial charge in [0.15, 0.2) is 0 Å². The fourth-order valence-corrected chi connectivity index (χ4v) is 4.01. The molecule has 140 valence electrons. The van der Waals surface area contributed by atoms with E-state index in [0.717, 1.165) is 36.3 Å². The largest absolute Gasteiger partial charge is 0.488 e. The van der Waals surface area contributed by atoms with E-state index in [1.165, 1.54) is 22.8 Å². The lowest BCUT2D eigenvalue weighted by molar-refractivity contribution is 0.147. The number of hydrogen-bond donors (Lipinski definition) is 1. The first-order chi connectivity index (χ1) is 13.0. The number of rotatable bonds is 4. The van der Waals surface area contributed by atoms with Crippen LogP contribution in [0, 0.1) is 5.82 Å². The lowest BCUT2D eigenvalue weighted by Gasteiger charge is -2.22. The third-order valence-corrected chi connectivity index (χ3v) is 5.26. The van der Waals surface area contributed by atoms with Crippen molar-refractivity contribution in [2.45, 2.75) is 18.9 Å². The molecule has 2 aromatic carbocycles. The Kier molecular flexibility index (Phi) is 4.70. The van der Waals surface area contributed by atoms with Crippen molar-refractivity contribution in [2.24, 2.45) is 10.7 Å². The minimum atomic E-state index is -0.234. The summed E-state index contributed by atoms with van der Waals surface area (Å²) in [5, 5.41) is 0. The van der Waals surface area contributed by atoms with E-state index < -0.39 is 0 Å². The molecule has 2 N–H and O–H groups in total. The molecule has 1 unspecified atom stereocenters. The average molecular weight is 365 g/mol. The number of aliphatic imine (C=N–C) groups is 1. The molecular weight excluding hydrogens is 341 g/mol. The summed E-state index contributed by atoms with van der Waals surface area (Å²) in [5.41, 5.74) is 11.5. The number of likely N-dealkylation sites (N-methyl/N-ethyl adjacent to an activating group) is 1. The molecule has 0 bridgehead atoms. The van der Waals surface area contributed by atoms with Gasteiger partial charge in [-0.2, -0.15) is 0 Å². The number of nitrogens with zero attached hydrogens (tertiary/aromatic N) is 2. The molecule has 1 atom stereocenters. The highest BCUT2D eigenvalue weighted by molar-refractivity contribution is 5.93. The Hall–Kier alpha value is -2.66. The molecule has 2 aliphatic rings. The fraction of sp³-hybridized carbons (Fsp3) is 0.318. The van der Waals surface area contributed by atoms with E-state index in [-0.39, 0.29) is 11.9 Å².